The fourth-order valence-corrected chi connectivity index (χ4v) is 4.17. The van der Waals surface area contributed by atoms with Gasteiger partial charge in [0.2, 0.25) is 5.91 Å². The first-order chi connectivity index (χ1) is 15.1. The molecule has 0 bridgehead atoms. The van der Waals surface area contributed by atoms with Crippen molar-refractivity contribution in [2.75, 3.05) is 5.32 Å². The van der Waals surface area contributed by atoms with Crippen LogP contribution in [0.15, 0.2) is 84.2 Å². The Balaban J connectivity index is 1.33. The lowest BCUT2D eigenvalue weighted by molar-refractivity contribution is -0.116. The summed E-state index contributed by atoms with van der Waals surface area (Å²) in [6, 6.07) is 27.2. The lowest BCUT2D eigenvalue weighted by Gasteiger charge is -2.07. The number of aryl methyl sites for hydroxylation is 1. The van der Waals surface area contributed by atoms with Crippen molar-refractivity contribution in [3.63, 3.8) is 0 Å². The summed E-state index contributed by atoms with van der Waals surface area (Å²) in [6.45, 7) is 4.37. The van der Waals surface area contributed by atoms with Gasteiger partial charge in [0.05, 0.1) is 5.69 Å². The van der Waals surface area contributed by atoms with E-state index in [1.54, 1.807) is 0 Å². The average Bonchev–Trinajstić information content (AvgIpc) is 3.27. The standard InChI is InChI=1S/C27H26N2OS/c1-19(2)21-11-8-20(9-12-21)10-17-26(30)29-27-28-25(18-31-27)24-15-13-23(14-16-24)22-6-4-3-5-7-22/h3-9,11-16,18-19H,10,17H2,1-2H3,(H,28,29,30). The Hall–Kier alpha value is -3.24. The first-order valence-corrected chi connectivity index (χ1v) is 11.5. The number of nitrogens with one attached hydrogen (secondary N) is 1. The van der Waals surface area contributed by atoms with E-state index in [9.17, 15) is 4.79 Å². The number of thiazole rings is 1. The second-order valence-corrected chi connectivity index (χ2v) is 8.78. The van der Waals surface area contributed by atoms with E-state index in [-0.39, 0.29) is 5.91 Å². The summed E-state index contributed by atoms with van der Waals surface area (Å²) in [5, 5.41) is 5.56. The lowest BCUT2D eigenvalue weighted by Crippen LogP contribution is -2.12. The zero-order chi connectivity index (χ0) is 21.6. The first-order valence-electron chi connectivity index (χ1n) is 10.6. The van der Waals surface area contributed by atoms with Gasteiger partial charge in [-0.05, 0) is 34.6 Å². The summed E-state index contributed by atoms with van der Waals surface area (Å²) < 4.78 is 0. The second-order valence-electron chi connectivity index (χ2n) is 7.93. The summed E-state index contributed by atoms with van der Waals surface area (Å²) >= 11 is 1.46. The van der Waals surface area contributed by atoms with Gasteiger partial charge in [-0.25, -0.2) is 4.98 Å². The van der Waals surface area contributed by atoms with Crippen molar-refractivity contribution in [2.45, 2.75) is 32.6 Å². The number of hydrogen-bond acceptors (Lipinski definition) is 3. The van der Waals surface area contributed by atoms with Gasteiger partial charge in [-0.15, -0.1) is 11.3 Å². The normalized spacial score (nSPS) is 10.9. The van der Waals surface area contributed by atoms with Crippen molar-refractivity contribution in [1.82, 2.24) is 4.98 Å². The van der Waals surface area contributed by atoms with Gasteiger partial charge < -0.3 is 5.32 Å². The molecule has 0 atom stereocenters. The van der Waals surface area contributed by atoms with E-state index in [0.29, 0.717) is 17.5 Å². The minimum absolute atomic E-state index is 0.00624. The van der Waals surface area contributed by atoms with Crippen LogP contribution >= 0.6 is 11.3 Å². The highest BCUT2D eigenvalue weighted by molar-refractivity contribution is 7.14. The molecule has 0 aliphatic carbocycles. The molecule has 4 rings (SSSR count). The largest absolute Gasteiger partial charge is 0.302 e. The van der Waals surface area contributed by atoms with Crippen LogP contribution in [-0.4, -0.2) is 10.9 Å². The molecule has 0 saturated carbocycles. The van der Waals surface area contributed by atoms with Crippen LogP contribution in [0, 0.1) is 0 Å². The van der Waals surface area contributed by atoms with E-state index < -0.39 is 0 Å². The monoisotopic (exact) mass is 426 g/mol. The molecule has 0 fully saturated rings. The molecular weight excluding hydrogens is 400 g/mol. The molecule has 0 saturated heterocycles. The van der Waals surface area contributed by atoms with E-state index in [1.165, 1.54) is 33.6 Å². The van der Waals surface area contributed by atoms with Gasteiger partial charge in [-0.2, -0.15) is 0 Å². The van der Waals surface area contributed by atoms with Crippen LogP contribution in [0.1, 0.15) is 37.3 Å². The summed E-state index contributed by atoms with van der Waals surface area (Å²) in [4.78, 5) is 17.0. The average molecular weight is 427 g/mol. The van der Waals surface area contributed by atoms with Crippen molar-refractivity contribution >= 4 is 22.4 Å². The van der Waals surface area contributed by atoms with E-state index in [2.05, 4.69) is 84.8 Å². The maximum atomic E-state index is 12.4. The van der Waals surface area contributed by atoms with Gasteiger partial charge in [0, 0.05) is 17.4 Å². The smallest absolute Gasteiger partial charge is 0.226 e. The number of carbonyl (C=O) groups excluding carboxylic acids is 1. The predicted molar refractivity (Wildman–Crippen MR) is 130 cm³/mol. The molecule has 0 radical (unpaired) electrons. The fraction of sp³-hybridized carbons (Fsp3) is 0.185. The number of amides is 1. The Labute approximate surface area is 187 Å². The Bertz CT molecular complexity index is 1130. The second kappa shape index (κ2) is 9.71. The number of aromatic nitrogens is 1. The third-order valence-corrected chi connectivity index (χ3v) is 6.08. The summed E-state index contributed by atoms with van der Waals surface area (Å²) in [6.07, 6.45) is 1.17. The lowest BCUT2D eigenvalue weighted by atomic mass is 10.0. The molecule has 0 unspecified atom stereocenters. The van der Waals surface area contributed by atoms with E-state index in [0.717, 1.165) is 17.7 Å². The van der Waals surface area contributed by atoms with E-state index in [4.69, 9.17) is 0 Å². The Morgan fingerprint density at radius 2 is 1.52 bits per heavy atom. The zero-order valence-electron chi connectivity index (χ0n) is 17.8. The van der Waals surface area contributed by atoms with Gasteiger partial charge in [0.1, 0.15) is 0 Å². The van der Waals surface area contributed by atoms with Gasteiger partial charge in [0.25, 0.3) is 0 Å². The molecule has 0 spiro atoms. The van der Waals surface area contributed by atoms with Crippen molar-refractivity contribution in [3.8, 4) is 22.4 Å². The van der Waals surface area contributed by atoms with Crippen LogP contribution in [0.3, 0.4) is 0 Å². The number of benzene rings is 3. The fourth-order valence-electron chi connectivity index (χ4n) is 3.44. The van der Waals surface area contributed by atoms with Crippen LogP contribution in [0.2, 0.25) is 0 Å². The van der Waals surface area contributed by atoms with E-state index >= 15 is 0 Å². The first kappa shape index (κ1) is 21.0. The molecule has 4 heteroatoms. The molecule has 156 valence electrons. The van der Waals surface area contributed by atoms with Crippen molar-refractivity contribution in [1.29, 1.82) is 0 Å². The van der Waals surface area contributed by atoms with Crippen LogP contribution in [0.25, 0.3) is 22.4 Å². The van der Waals surface area contributed by atoms with Gasteiger partial charge in [-0.1, -0.05) is 92.7 Å². The van der Waals surface area contributed by atoms with Gasteiger partial charge in [0.15, 0.2) is 5.13 Å². The Morgan fingerprint density at radius 1 is 0.871 bits per heavy atom. The highest BCUT2D eigenvalue weighted by Crippen LogP contribution is 2.27. The van der Waals surface area contributed by atoms with Crippen molar-refractivity contribution in [2.24, 2.45) is 0 Å². The highest BCUT2D eigenvalue weighted by Gasteiger charge is 2.09. The van der Waals surface area contributed by atoms with Crippen LogP contribution < -0.4 is 5.32 Å². The van der Waals surface area contributed by atoms with Crippen LogP contribution in [0.4, 0.5) is 5.13 Å². The van der Waals surface area contributed by atoms with E-state index in [1.807, 2.05) is 23.6 Å². The SMILES string of the molecule is CC(C)c1ccc(CCC(=O)Nc2nc(-c3ccc(-c4ccccc4)cc3)cs2)cc1. The number of hydrogen-bond donors (Lipinski definition) is 1. The molecule has 0 aliphatic heterocycles. The Kier molecular flexibility index (Phi) is 6.58. The van der Waals surface area contributed by atoms with Crippen molar-refractivity contribution in [3.05, 3.63) is 95.4 Å². The molecule has 31 heavy (non-hydrogen) atoms. The maximum absolute atomic E-state index is 12.4. The minimum atomic E-state index is -0.00624. The summed E-state index contributed by atoms with van der Waals surface area (Å²) in [5.41, 5.74) is 6.79. The molecule has 1 heterocycles. The molecule has 1 amide bonds. The topological polar surface area (TPSA) is 42.0 Å². The van der Waals surface area contributed by atoms with Crippen LogP contribution in [-0.2, 0) is 11.2 Å². The summed E-state index contributed by atoms with van der Waals surface area (Å²) in [7, 11) is 0. The highest BCUT2D eigenvalue weighted by atomic mass is 32.1. The molecule has 1 aromatic heterocycles. The third kappa shape index (κ3) is 5.47. The molecule has 4 aromatic rings. The Morgan fingerprint density at radius 3 is 2.19 bits per heavy atom. The summed E-state index contributed by atoms with van der Waals surface area (Å²) in [5.74, 6) is 0.513. The maximum Gasteiger partial charge on any atom is 0.226 e. The minimum Gasteiger partial charge on any atom is -0.302 e. The quantitative estimate of drug-likeness (QED) is 0.340. The van der Waals surface area contributed by atoms with Crippen molar-refractivity contribution < 1.29 is 4.79 Å². The predicted octanol–water partition coefficient (Wildman–Crippen LogP) is 7.17. The third-order valence-electron chi connectivity index (χ3n) is 5.33. The molecule has 3 aromatic carbocycles. The molecular formula is C27H26N2OS. The number of nitrogens with zero attached hydrogens (tertiary/aromatic N) is 1. The van der Waals surface area contributed by atoms with Gasteiger partial charge >= 0.3 is 0 Å². The zero-order valence-corrected chi connectivity index (χ0v) is 18.7. The molecule has 3 nitrogen and oxygen atoms in total. The molecule has 0 aliphatic rings. The number of anilines is 1. The molecule has 1 N–H and O–H groups in total. The van der Waals surface area contributed by atoms with Crippen LogP contribution in [0.5, 0.6) is 0 Å². The number of rotatable bonds is 7. The number of carbonyl (C=O) groups is 1. The van der Waals surface area contributed by atoms with Gasteiger partial charge in [-0.3, -0.25) is 4.79 Å².